The second kappa shape index (κ2) is 4.21. The highest BCUT2D eigenvalue weighted by Gasteiger charge is 2.29. The van der Waals surface area contributed by atoms with Gasteiger partial charge in [-0.3, -0.25) is 0 Å². The molecule has 2 unspecified atom stereocenters. The first-order valence-electron chi connectivity index (χ1n) is 6.26. The topological polar surface area (TPSA) is 29.9 Å². The predicted octanol–water partition coefficient (Wildman–Crippen LogP) is 2.70. The van der Waals surface area contributed by atoms with E-state index in [0.717, 1.165) is 5.92 Å². The van der Waals surface area contributed by atoms with Gasteiger partial charge in [-0.15, -0.1) is 0 Å². The molecule has 1 aliphatic carbocycles. The maximum Gasteiger partial charge on any atom is 0.0951 e. The molecule has 0 saturated heterocycles. The van der Waals surface area contributed by atoms with Crippen molar-refractivity contribution in [1.29, 1.82) is 0 Å². The largest absolute Gasteiger partial charge is 0.330 e. The van der Waals surface area contributed by atoms with E-state index < -0.39 is 0 Å². The van der Waals surface area contributed by atoms with Gasteiger partial charge in [0.25, 0.3) is 0 Å². The van der Waals surface area contributed by atoms with Crippen molar-refractivity contribution < 1.29 is 0 Å². The lowest BCUT2D eigenvalue weighted by Gasteiger charge is -2.28. The van der Waals surface area contributed by atoms with E-state index in [-0.39, 0.29) is 5.54 Å². The van der Waals surface area contributed by atoms with Crippen LogP contribution in [0.4, 0.5) is 0 Å². The normalized spacial score (nSPS) is 26.2. The molecule has 0 bridgehead atoms. The number of nitrogens with zero attached hydrogens (tertiary/aromatic N) is 2. The molecule has 1 aliphatic rings. The van der Waals surface area contributed by atoms with E-state index in [1.165, 1.54) is 25.0 Å². The van der Waals surface area contributed by atoms with Crippen molar-refractivity contribution in [2.45, 2.75) is 51.6 Å². The fourth-order valence-electron chi connectivity index (χ4n) is 2.64. The Labute approximate surface area is 98.3 Å². The number of hydrogen-bond acceptors (Lipinski definition) is 2. The van der Waals surface area contributed by atoms with Crippen LogP contribution >= 0.6 is 0 Å². The molecule has 1 saturated carbocycles. The Kier molecular flexibility index (Phi) is 3.06. The van der Waals surface area contributed by atoms with Crippen LogP contribution in [0.3, 0.4) is 0 Å². The second-order valence-corrected chi connectivity index (χ2v) is 5.63. The Hall–Kier alpha value is -0.830. The van der Waals surface area contributed by atoms with Gasteiger partial charge in [0.2, 0.25) is 0 Å². The van der Waals surface area contributed by atoms with Gasteiger partial charge in [0.05, 0.1) is 23.8 Å². The fourth-order valence-corrected chi connectivity index (χ4v) is 2.64. The van der Waals surface area contributed by atoms with Gasteiger partial charge in [0.1, 0.15) is 0 Å². The molecule has 1 N–H and O–H groups in total. The molecular formula is C13H23N3. The number of aromatic nitrogens is 2. The minimum atomic E-state index is 0.00231. The number of hydrogen-bond donors (Lipinski definition) is 1. The molecule has 0 aromatic carbocycles. The number of nitrogens with one attached hydrogen (secondary N) is 1. The highest BCUT2D eigenvalue weighted by Crippen LogP contribution is 2.36. The zero-order valence-corrected chi connectivity index (χ0v) is 10.8. The van der Waals surface area contributed by atoms with Gasteiger partial charge in [-0.2, -0.15) is 0 Å². The first-order chi connectivity index (χ1) is 7.54. The van der Waals surface area contributed by atoms with Crippen molar-refractivity contribution in [3.05, 3.63) is 18.2 Å². The van der Waals surface area contributed by atoms with Gasteiger partial charge in [-0.1, -0.05) is 6.92 Å². The number of imidazole rings is 1. The maximum absolute atomic E-state index is 4.33. The van der Waals surface area contributed by atoms with Crippen LogP contribution in [0, 0.1) is 5.92 Å². The molecule has 1 fully saturated rings. The van der Waals surface area contributed by atoms with Gasteiger partial charge >= 0.3 is 0 Å². The van der Waals surface area contributed by atoms with E-state index in [2.05, 4.69) is 35.6 Å². The molecule has 3 nitrogen and oxygen atoms in total. The molecule has 0 radical (unpaired) electrons. The Morgan fingerprint density at radius 1 is 1.44 bits per heavy atom. The molecule has 2 atom stereocenters. The standard InChI is InChI=1S/C13H23N3/c1-10-5-6-11(7-10)16-9-15-8-12(16)13(2,3)14-4/h8-11,14H,5-7H2,1-4H3. The van der Waals surface area contributed by atoms with Crippen LogP contribution in [0.25, 0.3) is 0 Å². The summed E-state index contributed by atoms with van der Waals surface area (Å²) in [6, 6.07) is 0.653. The van der Waals surface area contributed by atoms with E-state index in [0.29, 0.717) is 6.04 Å². The van der Waals surface area contributed by atoms with Crippen molar-refractivity contribution in [3.63, 3.8) is 0 Å². The smallest absolute Gasteiger partial charge is 0.0951 e. The first-order valence-corrected chi connectivity index (χ1v) is 6.26. The van der Waals surface area contributed by atoms with E-state index >= 15 is 0 Å². The highest BCUT2D eigenvalue weighted by atomic mass is 15.1. The SMILES string of the molecule is CNC(C)(C)c1cncn1C1CCC(C)C1. The lowest BCUT2D eigenvalue weighted by molar-refractivity contribution is 0.379. The van der Waals surface area contributed by atoms with Crippen molar-refractivity contribution >= 4 is 0 Å². The van der Waals surface area contributed by atoms with E-state index in [9.17, 15) is 0 Å². The van der Waals surface area contributed by atoms with E-state index in [1.807, 2.05) is 19.6 Å². The Balaban J connectivity index is 2.26. The van der Waals surface area contributed by atoms with Crippen molar-refractivity contribution in [2.24, 2.45) is 5.92 Å². The van der Waals surface area contributed by atoms with Gasteiger partial charge in [-0.05, 0) is 46.1 Å². The molecular weight excluding hydrogens is 198 g/mol. The maximum atomic E-state index is 4.33. The summed E-state index contributed by atoms with van der Waals surface area (Å²) in [5, 5.41) is 3.36. The third-order valence-electron chi connectivity index (χ3n) is 3.99. The van der Waals surface area contributed by atoms with Crippen molar-refractivity contribution in [2.75, 3.05) is 7.05 Å². The quantitative estimate of drug-likeness (QED) is 0.850. The third-order valence-corrected chi connectivity index (χ3v) is 3.99. The minimum Gasteiger partial charge on any atom is -0.330 e. The molecule has 1 aromatic rings. The van der Waals surface area contributed by atoms with Crippen molar-refractivity contribution in [1.82, 2.24) is 14.9 Å². The summed E-state index contributed by atoms with van der Waals surface area (Å²) in [6.45, 7) is 6.76. The minimum absolute atomic E-state index is 0.00231. The predicted molar refractivity (Wildman–Crippen MR) is 66.4 cm³/mol. The van der Waals surface area contributed by atoms with Crippen LogP contribution in [0.2, 0.25) is 0 Å². The summed E-state index contributed by atoms with van der Waals surface area (Å²) in [5.74, 6) is 0.859. The average molecular weight is 221 g/mol. The Morgan fingerprint density at radius 3 is 2.75 bits per heavy atom. The van der Waals surface area contributed by atoms with Crippen LogP contribution in [0.15, 0.2) is 12.5 Å². The van der Waals surface area contributed by atoms with Crippen LogP contribution < -0.4 is 5.32 Å². The van der Waals surface area contributed by atoms with E-state index in [1.54, 1.807) is 0 Å². The summed E-state index contributed by atoms with van der Waals surface area (Å²) >= 11 is 0. The zero-order valence-electron chi connectivity index (χ0n) is 10.8. The third kappa shape index (κ3) is 2.01. The lowest BCUT2D eigenvalue weighted by atomic mass is 10.0. The Bertz CT molecular complexity index is 354. The molecule has 0 aliphatic heterocycles. The van der Waals surface area contributed by atoms with Crippen LogP contribution in [0.1, 0.15) is 51.8 Å². The van der Waals surface area contributed by atoms with Gasteiger partial charge in [-0.25, -0.2) is 4.98 Å². The highest BCUT2D eigenvalue weighted by molar-refractivity contribution is 5.12. The van der Waals surface area contributed by atoms with Gasteiger partial charge in [0.15, 0.2) is 0 Å². The first kappa shape index (κ1) is 11.6. The molecule has 1 aromatic heterocycles. The molecule has 0 amide bonds. The van der Waals surface area contributed by atoms with Crippen LogP contribution in [-0.4, -0.2) is 16.6 Å². The van der Waals surface area contributed by atoms with Gasteiger partial charge in [0, 0.05) is 6.04 Å². The fraction of sp³-hybridized carbons (Fsp3) is 0.769. The van der Waals surface area contributed by atoms with Gasteiger partial charge < -0.3 is 9.88 Å². The second-order valence-electron chi connectivity index (χ2n) is 5.63. The van der Waals surface area contributed by atoms with Crippen LogP contribution in [0.5, 0.6) is 0 Å². The average Bonchev–Trinajstić information content (AvgIpc) is 2.85. The zero-order chi connectivity index (χ0) is 11.8. The molecule has 0 spiro atoms. The molecule has 16 heavy (non-hydrogen) atoms. The summed E-state index contributed by atoms with van der Waals surface area (Å²) in [5.41, 5.74) is 1.30. The monoisotopic (exact) mass is 221 g/mol. The summed E-state index contributed by atoms with van der Waals surface area (Å²) in [6.07, 6.45) is 7.94. The molecule has 90 valence electrons. The van der Waals surface area contributed by atoms with Crippen molar-refractivity contribution in [3.8, 4) is 0 Å². The number of rotatable bonds is 3. The molecule has 2 rings (SSSR count). The summed E-state index contributed by atoms with van der Waals surface area (Å²) in [7, 11) is 2.01. The molecule has 3 heteroatoms. The summed E-state index contributed by atoms with van der Waals surface area (Å²) < 4.78 is 2.38. The Morgan fingerprint density at radius 2 is 2.19 bits per heavy atom. The van der Waals surface area contributed by atoms with E-state index in [4.69, 9.17) is 0 Å². The summed E-state index contributed by atoms with van der Waals surface area (Å²) in [4.78, 5) is 4.33. The lowest BCUT2D eigenvalue weighted by Crippen LogP contribution is -2.35. The molecule has 1 heterocycles. The van der Waals surface area contributed by atoms with Crippen LogP contribution in [-0.2, 0) is 5.54 Å².